The third kappa shape index (κ3) is 5.37. The van der Waals surface area contributed by atoms with Gasteiger partial charge in [0, 0.05) is 16.8 Å². The number of hydrogen-bond acceptors (Lipinski definition) is 10. The zero-order valence-corrected chi connectivity index (χ0v) is 21.2. The molecule has 0 aliphatic rings. The van der Waals surface area contributed by atoms with Gasteiger partial charge in [-0.2, -0.15) is 8.75 Å². The molecule has 0 fully saturated rings. The first-order chi connectivity index (χ1) is 14.6. The molecule has 0 spiro atoms. The molecule has 0 aliphatic heterocycles. The van der Waals surface area contributed by atoms with Crippen LogP contribution in [-0.2, 0) is 10.0 Å². The van der Waals surface area contributed by atoms with Crippen LogP contribution in [0.25, 0.3) is 0 Å². The molecule has 3 aromatic heterocycles. The fourth-order valence-corrected chi connectivity index (χ4v) is 7.00. The molecule has 0 aromatic carbocycles. The van der Waals surface area contributed by atoms with Crippen LogP contribution in [-0.4, -0.2) is 28.8 Å². The van der Waals surface area contributed by atoms with Crippen molar-refractivity contribution in [2.24, 2.45) is 5.92 Å². The topological polar surface area (TPSA) is 116 Å². The molecule has 0 bridgehead atoms. The van der Waals surface area contributed by atoms with Gasteiger partial charge in [-0.1, -0.05) is 34.6 Å². The van der Waals surface area contributed by atoms with Crippen LogP contribution >= 0.6 is 34.4 Å². The Hall–Kier alpha value is -1.73. The van der Waals surface area contributed by atoms with Gasteiger partial charge in [-0.3, -0.25) is 0 Å². The van der Waals surface area contributed by atoms with Gasteiger partial charge in [0.05, 0.1) is 23.5 Å². The van der Waals surface area contributed by atoms with Crippen LogP contribution in [0.1, 0.15) is 57.0 Å². The molecule has 12 heteroatoms. The number of sulfonamides is 1. The van der Waals surface area contributed by atoms with E-state index in [1.165, 1.54) is 10.4 Å². The lowest BCUT2D eigenvalue weighted by Crippen LogP contribution is -2.22. The predicted molar refractivity (Wildman–Crippen MR) is 130 cm³/mol. The van der Waals surface area contributed by atoms with Crippen molar-refractivity contribution in [1.29, 1.82) is 0 Å². The summed E-state index contributed by atoms with van der Waals surface area (Å²) in [6.45, 7) is 10.6. The van der Waals surface area contributed by atoms with E-state index in [2.05, 4.69) is 63.2 Å². The zero-order valence-electron chi connectivity index (χ0n) is 18.0. The van der Waals surface area contributed by atoms with Crippen molar-refractivity contribution in [3.63, 3.8) is 0 Å². The predicted octanol–water partition coefficient (Wildman–Crippen LogP) is 5.34. The standard InChI is InChI=1S/C19H27N5O3S4/c1-6-20-31(26,27)19-16(25)13(9-29-19)21-17-18(24-30-23-17)22-15(11(4)5)14-7-12(8-28-14)10(2)3/h7-11,15,20,25H,6H2,1-5H3,(H,21,23)(H,22,24)/t15-/m1/s1. The molecule has 0 saturated carbocycles. The molecule has 1 atom stereocenters. The normalized spacial score (nSPS) is 13.1. The van der Waals surface area contributed by atoms with Gasteiger partial charge in [0.1, 0.15) is 0 Å². The van der Waals surface area contributed by atoms with E-state index in [1.54, 1.807) is 23.6 Å². The van der Waals surface area contributed by atoms with E-state index in [0.29, 0.717) is 23.5 Å². The van der Waals surface area contributed by atoms with Gasteiger partial charge in [0.15, 0.2) is 21.6 Å². The number of nitrogens with zero attached hydrogens (tertiary/aromatic N) is 2. The Morgan fingerprint density at radius 2 is 1.81 bits per heavy atom. The quantitative estimate of drug-likeness (QED) is 0.296. The van der Waals surface area contributed by atoms with Gasteiger partial charge in [0.2, 0.25) is 0 Å². The maximum absolute atomic E-state index is 12.2. The molecular weight excluding hydrogens is 475 g/mol. The van der Waals surface area contributed by atoms with E-state index in [4.69, 9.17) is 0 Å². The molecule has 3 heterocycles. The van der Waals surface area contributed by atoms with Gasteiger partial charge in [-0.05, 0) is 28.8 Å². The average Bonchev–Trinajstić information content (AvgIpc) is 3.41. The molecule has 0 radical (unpaired) electrons. The second-order valence-electron chi connectivity index (χ2n) is 7.68. The maximum atomic E-state index is 12.2. The van der Waals surface area contributed by atoms with Crippen molar-refractivity contribution in [2.75, 3.05) is 17.2 Å². The van der Waals surface area contributed by atoms with E-state index in [1.807, 2.05) is 0 Å². The second-order valence-corrected chi connectivity index (χ2v) is 12.0. The maximum Gasteiger partial charge on any atom is 0.253 e. The third-order valence-electron chi connectivity index (χ3n) is 4.62. The number of nitrogens with one attached hydrogen (secondary N) is 3. The minimum atomic E-state index is -3.75. The minimum absolute atomic E-state index is 0.0442. The van der Waals surface area contributed by atoms with E-state index in [-0.39, 0.29) is 28.2 Å². The third-order valence-corrected chi connectivity index (χ3v) is 9.24. The van der Waals surface area contributed by atoms with Crippen molar-refractivity contribution in [2.45, 2.75) is 50.8 Å². The van der Waals surface area contributed by atoms with E-state index >= 15 is 0 Å². The Kier molecular flexibility index (Phi) is 7.58. The van der Waals surface area contributed by atoms with Crippen LogP contribution < -0.4 is 15.4 Å². The molecule has 0 aliphatic carbocycles. The molecule has 4 N–H and O–H groups in total. The molecule has 31 heavy (non-hydrogen) atoms. The van der Waals surface area contributed by atoms with Crippen LogP contribution in [0.4, 0.5) is 17.3 Å². The first kappa shape index (κ1) is 23.9. The average molecular weight is 502 g/mol. The molecular formula is C19H27N5O3S4. The Labute approximate surface area is 195 Å². The Balaban J connectivity index is 1.83. The molecule has 3 rings (SSSR count). The molecule has 0 saturated heterocycles. The summed E-state index contributed by atoms with van der Waals surface area (Å²) in [5, 5.41) is 20.7. The molecule has 0 amide bonds. The summed E-state index contributed by atoms with van der Waals surface area (Å²) in [4.78, 5) is 1.22. The van der Waals surface area contributed by atoms with Crippen LogP contribution in [0.5, 0.6) is 5.75 Å². The molecule has 170 valence electrons. The highest BCUT2D eigenvalue weighted by Crippen LogP contribution is 2.41. The van der Waals surface area contributed by atoms with Crippen LogP contribution in [0.15, 0.2) is 21.0 Å². The number of hydrogen-bond donors (Lipinski definition) is 4. The summed E-state index contributed by atoms with van der Waals surface area (Å²) in [5.41, 5.74) is 1.58. The van der Waals surface area contributed by atoms with Crippen LogP contribution in [0.3, 0.4) is 0 Å². The van der Waals surface area contributed by atoms with Crippen molar-refractivity contribution in [1.82, 2.24) is 13.5 Å². The Morgan fingerprint density at radius 3 is 2.42 bits per heavy atom. The minimum Gasteiger partial charge on any atom is -0.504 e. The largest absolute Gasteiger partial charge is 0.504 e. The Morgan fingerprint density at radius 1 is 1.10 bits per heavy atom. The number of anilines is 3. The smallest absolute Gasteiger partial charge is 0.253 e. The Bertz CT molecular complexity index is 1120. The first-order valence-corrected chi connectivity index (χ1v) is 13.9. The summed E-state index contributed by atoms with van der Waals surface area (Å²) in [6, 6.07) is 2.27. The monoisotopic (exact) mass is 501 g/mol. The van der Waals surface area contributed by atoms with Crippen LogP contribution in [0, 0.1) is 5.92 Å². The van der Waals surface area contributed by atoms with Gasteiger partial charge in [-0.25, -0.2) is 13.1 Å². The van der Waals surface area contributed by atoms with Gasteiger partial charge in [0.25, 0.3) is 10.0 Å². The highest BCUT2D eigenvalue weighted by molar-refractivity contribution is 7.91. The highest BCUT2D eigenvalue weighted by Gasteiger charge is 2.25. The van der Waals surface area contributed by atoms with Crippen molar-refractivity contribution in [3.8, 4) is 5.75 Å². The fourth-order valence-electron chi connectivity index (χ4n) is 2.91. The number of rotatable bonds is 10. The number of aromatic hydroxyl groups is 1. The first-order valence-electron chi connectivity index (χ1n) is 9.88. The summed E-state index contributed by atoms with van der Waals surface area (Å²) >= 11 is 3.71. The van der Waals surface area contributed by atoms with Crippen molar-refractivity contribution < 1.29 is 13.5 Å². The highest BCUT2D eigenvalue weighted by atomic mass is 32.2. The van der Waals surface area contributed by atoms with Crippen LogP contribution in [0.2, 0.25) is 0 Å². The van der Waals surface area contributed by atoms with Crippen molar-refractivity contribution >= 4 is 61.7 Å². The van der Waals surface area contributed by atoms with Gasteiger partial charge < -0.3 is 15.7 Å². The van der Waals surface area contributed by atoms with Gasteiger partial charge >= 0.3 is 0 Å². The van der Waals surface area contributed by atoms with E-state index < -0.39 is 10.0 Å². The summed E-state index contributed by atoms with van der Waals surface area (Å²) in [6.07, 6.45) is 0. The van der Waals surface area contributed by atoms with E-state index in [0.717, 1.165) is 23.1 Å². The molecule has 8 nitrogen and oxygen atoms in total. The zero-order chi connectivity index (χ0) is 22.8. The lowest BCUT2D eigenvalue weighted by atomic mass is 10.00. The second kappa shape index (κ2) is 9.82. The fraction of sp³-hybridized carbons (Fsp3) is 0.474. The van der Waals surface area contributed by atoms with E-state index in [9.17, 15) is 13.5 Å². The van der Waals surface area contributed by atoms with Gasteiger partial charge in [-0.15, -0.1) is 22.7 Å². The lowest BCUT2D eigenvalue weighted by molar-refractivity contribution is 0.465. The molecule has 0 unspecified atom stereocenters. The SMILES string of the molecule is CCNS(=O)(=O)c1scc(Nc2nsnc2N[C@@H](c2cc(C(C)C)cs2)C(C)C)c1O. The number of thiophene rings is 2. The summed E-state index contributed by atoms with van der Waals surface area (Å²) in [5.74, 6) is 1.44. The number of aromatic nitrogens is 2. The van der Waals surface area contributed by atoms with Crippen molar-refractivity contribution in [3.05, 3.63) is 27.3 Å². The lowest BCUT2D eigenvalue weighted by Gasteiger charge is -2.21. The summed E-state index contributed by atoms with van der Waals surface area (Å²) < 4.78 is 35.4. The molecule has 3 aromatic rings. The summed E-state index contributed by atoms with van der Waals surface area (Å²) in [7, 11) is -3.75.